The molecule has 0 saturated carbocycles. The molecule has 0 spiro atoms. The van der Waals surface area contributed by atoms with Gasteiger partial charge in [-0.25, -0.2) is 0 Å². The second kappa shape index (κ2) is 9.93. The van der Waals surface area contributed by atoms with Crippen LogP contribution in [0.3, 0.4) is 0 Å². The van der Waals surface area contributed by atoms with Crippen LogP contribution in [0.1, 0.15) is 6.42 Å². The summed E-state index contributed by atoms with van der Waals surface area (Å²) in [5, 5.41) is 0. The van der Waals surface area contributed by atoms with E-state index in [9.17, 15) is 0 Å². The zero-order valence-electron chi connectivity index (χ0n) is 7.20. The minimum Gasteiger partial charge on any atom is -0.330 e. The van der Waals surface area contributed by atoms with Gasteiger partial charge in [0.2, 0.25) is 0 Å². The van der Waals surface area contributed by atoms with Crippen LogP contribution in [0.15, 0.2) is 0 Å². The van der Waals surface area contributed by atoms with Crippen LogP contribution in [0.2, 0.25) is 0 Å². The van der Waals surface area contributed by atoms with E-state index in [1.54, 1.807) is 0 Å². The minimum atomic E-state index is 0. The normalized spacial score (nSPS) is 17.8. The Morgan fingerprint density at radius 1 is 1.17 bits per heavy atom. The average molecular weight is 233 g/mol. The molecule has 0 atom stereocenters. The standard InChI is InChI=1S/C7H16N2S.2ClH/c8-2-1-3-9-4-6-10-7-5-9;;/h1-8H2;2*1H. The monoisotopic (exact) mass is 232 g/mol. The number of nitrogens with zero attached hydrogens (tertiary/aromatic N) is 1. The summed E-state index contributed by atoms with van der Waals surface area (Å²) < 4.78 is 0. The lowest BCUT2D eigenvalue weighted by atomic mass is 10.4. The Balaban J connectivity index is 0. The fourth-order valence-electron chi connectivity index (χ4n) is 1.14. The summed E-state index contributed by atoms with van der Waals surface area (Å²) in [6, 6.07) is 0. The van der Waals surface area contributed by atoms with E-state index in [1.165, 1.54) is 31.1 Å². The van der Waals surface area contributed by atoms with Crippen molar-refractivity contribution >= 4 is 36.6 Å². The average Bonchev–Trinajstić information content (AvgIpc) is 2.03. The van der Waals surface area contributed by atoms with E-state index in [0.717, 1.165) is 13.0 Å². The molecular formula is C7H18Cl2N2S. The number of hydrogen-bond acceptors (Lipinski definition) is 3. The number of halogens is 2. The van der Waals surface area contributed by atoms with E-state index in [-0.39, 0.29) is 24.8 Å². The predicted molar refractivity (Wildman–Crippen MR) is 61.9 cm³/mol. The molecule has 1 fully saturated rings. The van der Waals surface area contributed by atoms with Gasteiger partial charge in [-0.15, -0.1) is 24.8 Å². The van der Waals surface area contributed by atoms with Crippen LogP contribution < -0.4 is 5.73 Å². The van der Waals surface area contributed by atoms with Crippen LogP contribution in [0.5, 0.6) is 0 Å². The molecule has 0 amide bonds. The van der Waals surface area contributed by atoms with Crippen LogP contribution in [0, 0.1) is 0 Å². The molecule has 76 valence electrons. The second-order valence-electron chi connectivity index (χ2n) is 2.60. The zero-order chi connectivity index (χ0) is 7.23. The van der Waals surface area contributed by atoms with E-state index in [4.69, 9.17) is 5.73 Å². The van der Waals surface area contributed by atoms with Crippen molar-refractivity contribution in [2.24, 2.45) is 5.73 Å². The summed E-state index contributed by atoms with van der Waals surface area (Å²) in [6.45, 7) is 4.58. The Morgan fingerprint density at radius 3 is 2.25 bits per heavy atom. The summed E-state index contributed by atoms with van der Waals surface area (Å²) in [7, 11) is 0. The van der Waals surface area contributed by atoms with Crippen molar-refractivity contribution in [3.8, 4) is 0 Å². The van der Waals surface area contributed by atoms with E-state index >= 15 is 0 Å². The van der Waals surface area contributed by atoms with Crippen LogP contribution in [0.25, 0.3) is 0 Å². The SMILES string of the molecule is Cl.Cl.NCCCN1CCSCC1. The molecule has 1 heterocycles. The Morgan fingerprint density at radius 2 is 1.75 bits per heavy atom. The smallest absolute Gasteiger partial charge is 0.00727 e. The van der Waals surface area contributed by atoms with Crippen molar-refractivity contribution in [2.75, 3.05) is 37.7 Å². The van der Waals surface area contributed by atoms with E-state index in [1.807, 2.05) is 0 Å². The van der Waals surface area contributed by atoms with Gasteiger partial charge in [0.15, 0.2) is 0 Å². The van der Waals surface area contributed by atoms with Gasteiger partial charge in [0.05, 0.1) is 0 Å². The molecule has 0 aromatic heterocycles. The highest BCUT2D eigenvalue weighted by Gasteiger charge is 2.08. The zero-order valence-corrected chi connectivity index (χ0v) is 9.65. The summed E-state index contributed by atoms with van der Waals surface area (Å²) >= 11 is 2.06. The van der Waals surface area contributed by atoms with Crippen molar-refractivity contribution in [1.82, 2.24) is 4.90 Å². The van der Waals surface area contributed by atoms with Crippen molar-refractivity contribution in [3.05, 3.63) is 0 Å². The molecule has 0 aromatic rings. The Bertz CT molecular complexity index is 89.5. The van der Waals surface area contributed by atoms with Gasteiger partial charge in [-0.1, -0.05) is 0 Å². The van der Waals surface area contributed by atoms with Gasteiger partial charge < -0.3 is 10.6 Å². The van der Waals surface area contributed by atoms with Crippen molar-refractivity contribution in [3.63, 3.8) is 0 Å². The lowest BCUT2D eigenvalue weighted by molar-refractivity contribution is 0.300. The number of rotatable bonds is 3. The topological polar surface area (TPSA) is 29.3 Å². The first-order chi connectivity index (χ1) is 4.93. The molecule has 0 radical (unpaired) electrons. The van der Waals surface area contributed by atoms with Gasteiger partial charge in [-0.05, 0) is 19.5 Å². The van der Waals surface area contributed by atoms with Crippen LogP contribution in [-0.4, -0.2) is 42.6 Å². The molecule has 0 unspecified atom stereocenters. The highest BCUT2D eigenvalue weighted by atomic mass is 35.5. The quantitative estimate of drug-likeness (QED) is 0.795. The number of thioether (sulfide) groups is 1. The molecule has 1 aliphatic heterocycles. The van der Waals surface area contributed by atoms with Crippen LogP contribution >= 0.6 is 36.6 Å². The first kappa shape index (κ1) is 15.3. The van der Waals surface area contributed by atoms with Crippen LogP contribution in [0.4, 0.5) is 0 Å². The third kappa shape index (κ3) is 6.38. The predicted octanol–water partition coefficient (Wildman–Crippen LogP) is 1.23. The largest absolute Gasteiger partial charge is 0.330 e. The summed E-state index contributed by atoms with van der Waals surface area (Å²) in [5.74, 6) is 2.62. The van der Waals surface area contributed by atoms with Crippen molar-refractivity contribution in [1.29, 1.82) is 0 Å². The first-order valence-electron chi connectivity index (χ1n) is 3.93. The molecule has 2 nitrogen and oxygen atoms in total. The number of hydrogen-bond donors (Lipinski definition) is 1. The molecule has 0 aromatic carbocycles. The van der Waals surface area contributed by atoms with Gasteiger partial charge in [-0.2, -0.15) is 11.8 Å². The Hall–Kier alpha value is 0.850. The van der Waals surface area contributed by atoms with Crippen molar-refractivity contribution in [2.45, 2.75) is 6.42 Å². The van der Waals surface area contributed by atoms with Crippen molar-refractivity contribution < 1.29 is 0 Å². The van der Waals surface area contributed by atoms with Gasteiger partial charge in [-0.3, -0.25) is 0 Å². The minimum absolute atomic E-state index is 0. The van der Waals surface area contributed by atoms with Crippen LogP contribution in [-0.2, 0) is 0 Å². The summed E-state index contributed by atoms with van der Waals surface area (Å²) in [6.07, 6.45) is 1.16. The highest BCUT2D eigenvalue weighted by molar-refractivity contribution is 7.99. The summed E-state index contributed by atoms with van der Waals surface area (Å²) in [5.41, 5.74) is 5.41. The van der Waals surface area contributed by atoms with Gasteiger partial charge in [0.25, 0.3) is 0 Å². The van der Waals surface area contributed by atoms with E-state index in [0.29, 0.717) is 0 Å². The molecule has 1 rings (SSSR count). The molecule has 1 aliphatic rings. The molecule has 5 heteroatoms. The fourth-order valence-corrected chi connectivity index (χ4v) is 2.12. The molecule has 12 heavy (non-hydrogen) atoms. The molecule has 2 N–H and O–H groups in total. The highest BCUT2D eigenvalue weighted by Crippen LogP contribution is 2.08. The Kier molecular flexibility index (Phi) is 12.7. The number of nitrogens with two attached hydrogens (primary N) is 1. The molecule has 0 aliphatic carbocycles. The lowest BCUT2D eigenvalue weighted by Gasteiger charge is -2.25. The maximum absolute atomic E-state index is 5.41. The second-order valence-corrected chi connectivity index (χ2v) is 3.82. The third-order valence-corrected chi connectivity index (χ3v) is 2.72. The molecular weight excluding hydrogens is 215 g/mol. The first-order valence-corrected chi connectivity index (χ1v) is 5.09. The van der Waals surface area contributed by atoms with Gasteiger partial charge >= 0.3 is 0 Å². The van der Waals surface area contributed by atoms with Gasteiger partial charge in [0, 0.05) is 24.6 Å². The maximum atomic E-state index is 5.41. The summed E-state index contributed by atoms with van der Waals surface area (Å²) in [4.78, 5) is 2.50. The molecule has 0 bridgehead atoms. The fraction of sp³-hybridized carbons (Fsp3) is 1.00. The Labute approximate surface area is 91.5 Å². The maximum Gasteiger partial charge on any atom is 0.00727 e. The molecule has 1 saturated heterocycles. The van der Waals surface area contributed by atoms with E-state index < -0.39 is 0 Å². The third-order valence-electron chi connectivity index (χ3n) is 1.78. The van der Waals surface area contributed by atoms with E-state index in [2.05, 4.69) is 16.7 Å². The van der Waals surface area contributed by atoms with Gasteiger partial charge in [0.1, 0.15) is 0 Å². The lowest BCUT2D eigenvalue weighted by Crippen LogP contribution is -2.34.